The van der Waals surface area contributed by atoms with Gasteiger partial charge in [-0.2, -0.15) is 0 Å². The van der Waals surface area contributed by atoms with E-state index in [4.69, 9.17) is 4.74 Å². The lowest BCUT2D eigenvalue weighted by Gasteiger charge is -2.37. The fourth-order valence-corrected chi connectivity index (χ4v) is 3.19. The van der Waals surface area contributed by atoms with Crippen LogP contribution in [-0.2, 0) is 4.79 Å². The van der Waals surface area contributed by atoms with Gasteiger partial charge in [-0.15, -0.1) is 0 Å². The molecule has 1 N–H and O–H groups in total. The Morgan fingerprint density at radius 1 is 1.29 bits per heavy atom. The lowest BCUT2D eigenvalue weighted by atomic mass is 9.88. The molecule has 28 heavy (non-hydrogen) atoms. The van der Waals surface area contributed by atoms with Gasteiger partial charge in [-0.3, -0.25) is 24.3 Å². The largest absolute Gasteiger partial charge is 0.483 e. The van der Waals surface area contributed by atoms with Gasteiger partial charge in [-0.05, 0) is 26.0 Å². The summed E-state index contributed by atoms with van der Waals surface area (Å²) < 4.78 is 7.51. The maximum Gasteiger partial charge on any atom is 0.270 e. The van der Waals surface area contributed by atoms with Crippen molar-refractivity contribution in [3.05, 3.63) is 74.2 Å². The van der Waals surface area contributed by atoms with E-state index in [1.165, 1.54) is 28.8 Å². The van der Waals surface area contributed by atoms with Gasteiger partial charge in [0.15, 0.2) is 0 Å². The maximum absolute atomic E-state index is 12.6. The number of benzene rings is 1. The van der Waals surface area contributed by atoms with Gasteiger partial charge in [-0.25, -0.2) is 0 Å². The first kappa shape index (κ1) is 19.3. The first-order chi connectivity index (χ1) is 13.2. The standard InChI is InChI=1S/C20H21N3O5/c1-4-17(24)21-12-15-19(22-10-6-5-7-18(22)25)14-11-13(23(26)27)8-9-16(14)28-20(15,2)3/h5-11H,4,12H2,1-3H3,(H,21,24). The number of nitrogens with zero attached hydrogens (tertiary/aromatic N) is 2. The Morgan fingerprint density at radius 2 is 2.04 bits per heavy atom. The summed E-state index contributed by atoms with van der Waals surface area (Å²) in [4.78, 5) is 35.2. The van der Waals surface area contributed by atoms with E-state index in [-0.39, 0.29) is 23.7 Å². The van der Waals surface area contributed by atoms with Crippen LogP contribution in [0.25, 0.3) is 5.70 Å². The lowest BCUT2D eigenvalue weighted by molar-refractivity contribution is -0.384. The Morgan fingerprint density at radius 3 is 2.68 bits per heavy atom. The summed E-state index contributed by atoms with van der Waals surface area (Å²) in [6.07, 6.45) is 1.92. The van der Waals surface area contributed by atoms with Crippen molar-refractivity contribution in [1.82, 2.24) is 9.88 Å². The predicted octanol–water partition coefficient (Wildman–Crippen LogP) is 2.71. The van der Waals surface area contributed by atoms with Crippen LogP contribution >= 0.6 is 0 Å². The highest BCUT2D eigenvalue weighted by atomic mass is 16.6. The highest BCUT2D eigenvalue weighted by Gasteiger charge is 2.37. The molecule has 0 saturated heterocycles. The SMILES string of the molecule is CCC(=O)NCC1=C(n2ccccc2=O)c2cc([N+](=O)[O-])ccc2OC1(C)C. The van der Waals surface area contributed by atoms with Crippen LogP contribution in [-0.4, -0.2) is 27.5 Å². The van der Waals surface area contributed by atoms with Gasteiger partial charge in [0.2, 0.25) is 5.91 Å². The number of ether oxygens (including phenoxy) is 1. The topological polar surface area (TPSA) is 103 Å². The van der Waals surface area contributed by atoms with Crippen LogP contribution in [0.5, 0.6) is 5.75 Å². The molecule has 3 rings (SSSR count). The van der Waals surface area contributed by atoms with E-state index in [0.29, 0.717) is 29.0 Å². The van der Waals surface area contributed by atoms with Gasteiger partial charge >= 0.3 is 0 Å². The Balaban J connectivity index is 2.30. The van der Waals surface area contributed by atoms with E-state index in [9.17, 15) is 19.7 Å². The van der Waals surface area contributed by atoms with Crippen LogP contribution in [0, 0.1) is 10.1 Å². The molecular formula is C20H21N3O5. The molecule has 0 spiro atoms. The van der Waals surface area contributed by atoms with Gasteiger partial charge < -0.3 is 10.1 Å². The second kappa shape index (κ2) is 7.30. The van der Waals surface area contributed by atoms with Crippen LogP contribution in [0.3, 0.4) is 0 Å². The smallest absolute Gasteiger partial charge is 0.270 e. The zero-order chi connectivity index (χ0) is 20.5. The molecule has 0 bridgehead atoms. The zero-order valence-electron chi connectivity index (χ0n) is 15.9. The van der Waals surface area contributed by atoms with Crippen LogP contribution < -0.4 is 15.6 Å². The second-order valence-electron chi connectivity index (χ2n) is 6.92. The average molecular weight is 383 g/mol. The van der Waals surface area contributed by atoms with Crippen LogP contribution in [0.4, 0.5) is 5.69 Å². The third kappa shape index (κ3) is 3.53. The number of non-ortho nitro benzene ring substituents is 1. The molecule has 1 aromatic carbocycles. The number of carbonyl (C=O) groups excluding carboxylic acids is 1. The van der Waals surface area contributed by atoms with Gasteiger partial charge in [0.1, 0.15) is 11.4 Å². The van der Waals surface area contributed by atoms with Crippen LogP contribution in [0.2, 0.25) is 0 Å². The molecular weight excluding hydrogens is 362 g/mol. The molecule has 0 atom stereocenters. The zero-order valence-corrected chi connectivity index (χ0v) is 15.9. The summed E-state index contributed by atoms with van der Waals surface area (Å²) in [5.74, 6) is 0.291. The number of aromatic nitrogens is 1. The Bertz CT molecular complexity index is 1040. The number of amides is 1. The Hall–Kier alpha value is -3.42. The van der Waals surface area contributed by atoms with Crippen molar-refractivity contribution in [2.45, 2.75) is 32.8 Å². The first-order valence-corrected chi connectivity index (χ1v) is 8.91. The van der Waals surface area contributed by atoms with Gasteiger partial charge in [0.05, 0.1) is 10.6 Å². The van der Waals surface area contributed by atoms with Crippen molar-refractivity contribution in [2.24, 2.45) is 0 Å². The van der Waals surface area contributed by atoms with Crippen molar-refractivity contribution in [1.29, 1.82) is 0 Å². The summed E-state index contributed by atoms with van der Waals surface area (Å²) in [7, 11) is 0. The molecule has 8 nitrogen and oxygen atoms in total. The third-order valence-electron chi connectivity index (χ3n) is 4.65. The number of hydrogen-bond donors (Lipinski definition) is 1. The molecule has 1 amide bonds. The van der Waals surface area contributed by atoms with Gasteiger partial charge in [0, 0.05) is 48.5 Å². The molecule has 1 aliphatic heterocycles. The summed E-state index contributed by atoms with van der Waals surface area (Å²) in [6, 6.07) is 9.03. The number of nitro benzene ring substituents is 1. The molecule has 1 aliphatic rings. The molecule has 2 heterocycles. The highest BCUT2D eigenvalue weighted by Crippen LogP contribution is 2.42. The molecule has 0 aliphatic carbocycles. The molecule has 2 aromatic rings. The van der Waals surface area contributed by atoms with E-state index in [0.717, 1.165) is 0 Å². The monoisotopic (exact) mass is 383 g/mol. The normalized spacial score (nSPS) is 14.8. The average Bonchev–Trinajstić information content (AvgIpc) is 2.65. The van der Waals surface area contributed by atoms with Crippen molar-refractivity contribution >= 4 is 17.3 Å². The summed E-state index contributed by atoms with van der Waals surface area (Å²) >= 11 is 0. The molecule has 0 radical (unpaired) electrons. The minimum atomic E-state index is -0.839. The van der Waals surface area contributed by atoms with Crippen LogP contribution in [0.15, 0.2) is 53.0 Å². The fraction of sp³-hybridized carbons (Fsp3) is 0.300. The second-order valence-corrected chi connectivity index (χ2v) is 6.92. The molecule has 8 heteroatoms. The van der Waals surface area contributed by atoms with Gasteiger partial charge in [0.25, 0.3) is 11.2 Å². The molecule has 1 aromatic heterocycles. The number of carbonyl (C=O) groups is 1. The van der Waals surface area contributed by atoms with Crippen molar-refractivity contribution in [3.63, 3.8) is 0 Å². The summed E-state index contributed by atoms with van der Waals surface area (Å²) in [5, 5.41) is 14.1. The van der Waals surface area contributed by atoms with Crippen molar-refractivity contribution < 1.29 is 14.5 Å². The lowest BCUT2D eigenvalue weighted by Crippen LogP contribution is -2.42. The minimum absolute atomic E-state index is 0.111. The third-order valence-corrected chi connectivity index (χ3v) is 4.65. The summed E-state index contributed by atoms with van der Waals surface area (Å²) in [5.41, 5.74) is 0.331. The number of hydrogen-bond acceptors (Lipinski definition) is 5. The van der Waals surface area contributed by atoms with Crippen molar-refractivity contribution in [2.75, 3.05) is 6.54 Å². The molecule has 0 fully saturated rings. The number of pyridine rings is 1. The fourth-order valence-electron chi connectivity index (χ4n) is 3.19. The van der Waals surface area contributed by atoms with E-state index in [1.807, 2.05) is 13.8 Å². The van der Waals surface area contributed by atoms with Gasteiger partial charge in [-0.1, -0.05) is 13.0 Å². The number of nitro groups is 1. The Labute approximate surface area is 161 Å². The quantitative estimate of drug-likeness (QED) is 0.632. The van der Waals surface area contributed by atoms with Crippen molar-refractivity contribution in [3.8, 4) is 5.75 Å². The van der Waals surface area contributed by atoms with Crippen LogP contribution in [0.1, 0.15) is 32.8 Å². The molecule has 0 saturated carbocycles. The first-order valence-electron chi connectivity index (χ1n) is 8.91. The van der Waals surface area contributed by atoms with E-state index < -0.39 is 10.5 Å². The van der Waals surface area contributed by atoms with E-state index in [1.54, 1.807) is 25.3 Å². The predicted molar refractivity (Wildman–Crippen MR) is 104 cm³/mol. The van der Waals surface area contributed by atoms with E-state index >= 15 is 0 Å². The number of rotatable bonds is 5. The number of nitrogens with one attached hydrogen (secondary N) is 1. The number of fused-ring (bicyclic) bond motifs is 1. The molecule has 0 unspecified atom stereocenters. The summed E-state index contributed by atoms with van der Waals surface area (Å²) in [6.45, 7) is 5.56. The Kier molecular flexibility index (Phi) is 5.04. The maximum atomic E-state index is 12.6. The molecule has 146 valence electrons. The minimum Gasteiger partial charge on any atom is -0.483 e. The van der Waals surface area contributed by atoms with E-state index in [2.05, 4.69) is 5.32 Å². The highest BCUT2D eigenvalue weighted by molar-refractivity contribution is 5.80.